The molecule has 11 heteroatoms. The summed E-state index contributed by atoms with van der Waals surface area (Å²) in [6.07, 6.45) is 2.54. The molecule has 2 aromatic heterocycles. The molecular weight excluding hydrogens is 393 g/mol. The quantitative estimate of drug-likeness (QED) is 0.689. The number of rotatable bonds is 4. The number of thiazole rings is 1. The molecule has 0 spiro atoms. The minimum absolute atomic E-state index is 0.0558. The lowest BCUT2D eigenvalue weighted by Gasteiger charge is -2.21. The van der Waals surface area contributed by atoms with Gasteiger partial charge >= 0.3 is 0 Å². The Bertz CT molecular complexity index is 1120. The van der Waals surface area contributed by atoms with E-state index in [1.807, 2.05) is 0 Å². The maximum atomic E-state index is 13.4. The summed E-state index contributed by atoms with van der Waals surface area (Å²) >= 11 is 0.906. The SMILES string of the molecule is CC(=O)Nc1ncc(S(=O)(=O)N2CCCC2c2nc3ccc(F)cc3[nH]2)s1. The summed E-state index contributed by atoms with van der Waals surface area (Å²) in [5.41, 5.74) is 1.11. The topological polar surface area (TPSA) is 108 Å². The van der Waals surface area contributed by atoms with Crippen LogP contribution in [0.5, 0.6) is 0 Å². The van der Waals surface area contributed by atoms with Gasteiger partial charge in [0.15, 0.2) is 9.34 Å². The monoisotopic (exact) mass is 409 g/mol. The van der Waals surface area contributed by atoms with Gasteiger partial charge in [-0.2, -0.15) is 4.31 Å². The number of nitrogens with one attached hydrogen (secondary N) is 2. The van der Waals surface area contributed by atoms with E-state index in [0.717, 1.165) is 11.3 Å². The first-order chi connectivity index (χ1) is 12.8. The smallest absolute Gasteiger partial charge is 0.254 e. The number of amides is 1. The van der Waals surface area contributed by atoms with Crippen LogP contribution in [-0.2, 0) is 14.8 Å². The molecule has 1 aromatic carbocycles. The first-order valence-electron chi connectivity index (χ1n) is 8.25. The molecule has 8 nitrogen and oxygen atoms in total. The van der Waals surface area contributed by atoms with Gasteiger partial charge in [-0.15, -0.1) is 0 Å². The number of fused-ring (bicyclic) bond motifs is 1. The lowest BCUT2D eigenvalue weighted by molar-refractivity contribution is -0.114. The zero-order chi connectivity index (χ0) is 19.2. The highest BCUT2D eigenvalue weighted by Gasteiger charge is 2.39. The highest BCUT2D eigenvalue weighted by molar-refractivity contribution is 7.91. The van der Waals surface area contributed by atoms with Crippen molar-refractivity contribution in [1.82, 2.24) is 19.3 Å². The molecule has 4 rings (SSSR count). The first-order valence-corrected chi connectivity index (χ1v) is 10.5. The molecule has 1 saturated heterocycles. The van der Waals surface area contributed by atoms with Gasteiger partial charge in [0.25, 0.3) is 10.0 Å². The summed E-state index contributed by atoms with van der Waals surface area (Å²) in [5.74, 6) is -0.214. The predicted molar refractivity (Wildman–Crippen MR) is 98.3 cm³/mol. The number of hydrogen-bond acceptors (Lipinski definition) is 6. The van der Waals surface area contributed by atoms with E-state index in [-0.39, 0.29) is 21.1 Å². The number of aromatic amines is 1. The molecule has 3 heterocycles. The third kappa shape index (κ3) is 3.33. The van der Waals surface area contributed by atoms with Crippen LogP contribution in [0.2, 0.25) is 0 Å². The average molecular weight is 409 g/mol. The van der Waals surface area contributed by atoms with Crippen molar-refractivity contribution in [1.29, 1.82) is 0 Å². The van der Waals surface area contributed by atoms with Gasteiger partial charge in [-0.1, -0.05) is 11.3 Å². The fourth-order valence-electron chi connectivity index (χ4n) is 3.16. The number of aromatic nitrogens is 3. The van der Waals surface area contributed by atoms with E-state index in [1.54, 1.807) is 6.07 Å². The minimum Gasteiger partial charge on any atom is -0.341 e. The van der Waals surface area contributed by atoms with Crippen LogP contribution in [0.25, 0.3) is 11.0 Å². The van der Waals surface area contributed by atoms with Crippen LogP contribution < -0.4 is 5.32 Å². The molecule has 0 aliphatic carbocycles. The van der Waals surface area contributed by atoms with Crippen LogP contribution in [-0.4, -0.2) is 40.1 Å². The number of H-pyrrole nitrogens is 1. The Morgan fingerprint density at radius 2 is 2.26 bits per heavy atom. The van der Waals surface area contributed by atoms with E-state index in [1.165, 1.54) is 29.6 Å². The third-order valence-corrected chi connectivity index (χ3v) is 7.57. The maximum absolute atomic E-state index is 13.4. The van der Waals surface area contributed by atoms with Crippen molar-refractivity contribution >= 4 is 43.4 Å². The number of carbonyl (C=O) groups excluding carboxylic acids is 1. The summed E-state index contributed by atoms with van der Waals surface area (Å²) in [5, 5.41) is 2.72. The Labute approximate surface area is 158 Å². The molecule has 3 aromatic rings. The Balaban J connectivity index is 1.66. The van der Waals surface area contributed by atoms with Crippen LogP contribution in [0, 0.1) is 5.82 Å². The molecule has 1 amide bonds. The zero-order valence-electron chi connectivity index (χ0n) is 14.3. The van der Waals surface area contributed by atoms with E-state index >= 15 is 0 Å². The van der Waals surface area contributed by atoms with Gasteiger partial charge in [-0.05, 0) is 31.0 Å². The summed E-state index contributed by atoms with van der Waals surface area (Å²) in [7, 11) is -3.79. The Kier molecular flexibility index (Phi) is 4.44. The molecule has 1 atom stereocenters. The fraction of sp³-hybridized carbons (Fsp3) is 0.312. The molecule has 1 unspecified atom stereocenters. The van der Waals surface area contributed by atoms with Gasteiger partial charge < -0.3 is 10.3 Å². The number of nitrogens with zero attached hydrogens (tertiary/aromatic N) is 3. The van der Waals surface area contributed by atoms with E-state index in [0.29, 0.717) is 36.2 Å². The van der Waals surface area contributed by atoms with Crippen molar-refractivity contribution in [2.45, 2.75) is 30.0 Å². The second-order valence-corrected chi connectivity index (χ2v) is 9.37. The Morgan fingerprint density at radius 3 is 3.04 bits per heavy atom. The summed E-state index contributed by atoms with van der Waals surface area (Å²) in [4.78, 5) is 22.6. The van der Waals surface area contributed by atoms with E-state index in [9.17, 15) is 17.6 Å². The van der Waals surface area contributed by atoms with Gasteiger partial charge in [-0.25, -0.2) is 22.8 Å². The maximum Gasteiger partial charge on any atom is 0.254 e. The Hall–Kier alpha value is -2.37. The predicted octanol–water partition coefficient (Wildman–Crippen LogP) is 2.64. The summed E-state index contributed by atoms with van der Waals surface area (Å²) in [6, 6.07) is 3.75. The van der Waals surface area contributed by atoms with E-state index in [2.05, 4.69) is 20.3 Å². The molecule has 1 fully saturated rings. The Morgan fingerprint density at radius 1 is 1.44 bits per heavy atom. The normalized spacial score (nSPS) is 18.2. The lowest BCUT2D eigenvalue weighted by atomic mass is 10.2. The van der Waals surface area contributed by atoms with Gasteiger partial charge in [0.2, 0.25) is 5.91 Å². The molecule has 142 valence electrons. The number of anilines is 1. The first kappa shape index (κ1) is 18.0. The van der Waals surface area contributed by atoms with Gasteiger partial charge in [-0.3, -0.25) is 4.79 Å². The number of carbonyl (C=O) groups is 1. The fourth-order valence-corrected chi connectivity index (χ4v) is 6.03. The third-order valence-electron chi connectivity index (χ3n) is 4.31. The standard InChI is InChI=1S/C16H16FN5O3S2/c1-9(23)19-16-18-8-14(26-16)27(24,25)22-6-2-3-13(22)15-20-11-5-4-10(17)7-12(11)21-15/h4-5,7-8,13H,2-3,6H2,1H3,(H,20,21)(H,18,19,23). The highest BCUT2D eigenvalue weighted by Crippen LogP contribution is 2.37. The second kappa shape index (κ2) is 6.66. The molecule has 2 N–H and O–H groups in total. The van der Waals surface area contributed by atoms with Gasteiger partial charge in [0.05, 0.1) is 23.3 Å². The number of sulfonamides is 1. The van der Waals surface area contributed by atoms with Crippen LogP contribution in [0.3, 0.4) is 0 Å². The second-order valence-electron chi connectivity index (χ2n) is 6.22. The van der Waals surface area contributed by atoms with Crippen molar-refractivity contribution < 1.29 is 17.6 Å². The van der Waals surface area contributed by atoms with Crippen molar-refractivity contribution in [2.75, 3.05) is 11.9 Å². The van der Waals surface area contributed by atoms with Crippen molar-refractivity contribution in [3.05, 3.63) is 36.0 Å². The van der Waals surface area contributed by atoms with Crippen LogP contribution in [0.15, 0.2) is 28.6 Å². The zero-order valence-corrected chi connectivity index (χ0v) is 15.9. The van der Waals surface area contributed by atoms with Crippen LogP contribution in [0.1, 0.15) is 31.6 Å². The van der Waals surface area contributed by atoms with Crippen molar-refractivity contribution in [2.24, 2.45) is 0 Å². The van der Waals surface area contributed by atoms with Gasteiger partial charge in [0.1, 0.15) is 11.6 Å². The minimum atomic E-state index is -3.79. The van der Waals surface area contributed by atoms with Crippen molar-refractivity contribution in [3.63, 3.8) is 0 Å². The largest absolute Gasteiger partial charge is 0.341 e. The van der Waals surface area contributed by atoms with Gasteiger partial charge in [0, 0.05) is 13.5 Å². The number of hydrogen-bond donors (Lipinski definition) is 2. The van der Waals surface area contributed by atoms with Crippen LogP contribution >= 0.6 is 11.3 Å². The molecule has 1 aliphatic heterocycles. The number of halogens is 1. The van der Waals surface area contributed by atoms with Crippen molar-refractivity contribution in [3.8, 4) is 0 Å². The molecule has 0 radical (unpaired) electrons. The molecule has 0 saturated carbocycles. The van der Waals surface area contributed by atoms with E-state index < -0.39 is 16.1 Å². The summed E-state index contributed by atoms with van der Waals surface area (Å²) in [6.45, 7) is 1.68. The molecule has 1 aliphatic rings. The molecule has 27 heavy (non-hydrogen) atoms. The lowest BCUT2D eigenvalue weighted by Crippen LogP contribution is -2.30. The number of benzene rings is 1. The highest BCUT2D eigenvalue weighted by atomic mass is 32.2. The number of imidazole rings is 1. The summed E-state index contributed by atoms with van der Waals surface area (Å²) < 4.78 is 41.0. The molecule has 0 bridgehead atoms. The van der Waals surface area contributed by atoms with Crippen LogP contribution in [0.4, 0.5) is 9.52 Å². The molecular formula is C16H16FN5O3S2. The van der Waals surface area contributed by atoms with E-state index in [4.69, 9.17) is 0 Å². The average Bonchev–Trinajstić information content (AvgIpc) is 3.32.